The third-order valence-electron chi connectivity index (χ3n) is 3.67. The van der Waals surface area contributed by atoms with E-state index in [-0.39, 0.29) is 5.66 Å². The van der Waals surface area contributed by atoms with Crippen molar-refractivity contribution in [1.29, 1.82) is 0 Å². The molecule has 1 aromatic carbocycles. The van der Waals surface area contributed by atoms with Gasteiger partial charge < -0.3 is 10.2 Å². The van der Waals surface area contributed by atoms with Crippen molar-refractivity contribution >= 4 is 6.08 Å². The first-order valence-electron chi connectivity index (χ1n) is 6.39. The van der Waals surface area contributed by atoms with Crippen LogP contribution in [0.15, 0.2) is 42.2 Å². The van der Waals surface area contributed by atoms with E-state index in [0.717, 1.165) is 6.54 Å². The third kappa shape index (κ3) is 2.28. The minimum Gasteiger partial charge on any atom is -0.365 e. The summed E-state index contributed by atoms with van der Waals surface area (Å²) in [6.45, 7) is 13.5. The van der Waals surface area contributed by atoms with Gasteiger partial charge in [-0.2, -0.15) is 0 Å². The molecule has 0 fully saturated rings. The molecule has 1 heterocycles. The lowest BCUT2D eigenvalue weighted by molar-refractivity contribution is 0.162. The summed E-state index contributed by atoms with van der Waals surface area (Å²) in [5.41, 5.74) is 5.08. The molecule has 0 amide bonds. The zero-order valence-electron chi connectivity index (χ0n) is 11.7. The van der Waals surface area contributed by atoms with Crippen molar-refractivity contribution in [3.63, 3.8) is 0 Å². The molecule has 0 aromatic heterocycles. The largest absolute Gasteiger partial charge is 0.365 e. The van der Waals surface area contributed by atoms with Gasteiger partial charge in [0.15, 0.2) is 0 Å². The van der Waals surface area contributed by atoms with Gasteiger partial charge in [0.05, 0.1) is 0 Å². The summed E-state index contributed by atoms with van der Waals surface area (Å²) in [6, 6.07) is 8.58. The van der Waals surface area contributed by atoms with Crippen LogP contribution in [0.3, 0.4) is 0 Å². The van der Waals surface area contributed by atoms with Gasteiger partial charge in [-0.15, -0.1) is 0 Å². The van der Waals surface area contributed by atoms with Crippen LogP contribution in [0, 0.1) is 0 Å². The summed E-state index contributed by atoms with van der Waals surface area (Å²) in [7, 11) is 0. The van der Waals surface area contributed by atoms with E-state index in [1.54, 1.807) is 0 Å². The van der Waals surface area contributed by atoms with Gasteiger partial charge in [-0.3, -0.25) is 0 Å². The van der Waals surface area contributed by atoms with Gasteiger partial charge in [-0.25, -0.2) is 0 Å². The molecular weight excluding hydrogens is 220 g/mol. The molecule has 0 radical (unpaired) electrons. The quantitative estimate of drug-likeness (QED) is 0.869. The van der Waals surface area contributed by atoms with Gasteiger partial charge >= 0.3 is 0 Å². The first-order chi connectivity index (χ1) is 8.44. The van der Waals surface area contributed by atoms with Crippen LogP contribution < -0.4 is 5.32 Å². The standard InChI is InChI=1S/C16H22N2/c1-6-14-7-9-15(10-8-14)11-18-13(3)12(2)17-16(18,4)5/h6-10,17H,1,11H2,2-5H3. The Morgan fingerprint density at radius 1 is 1.22 bits per heavy atom. The van der Waals surface area contributed by atoms with Gasteiger partial charge in [0.2, 0.25) is 0 Å². The first kappa shape index (κ1) is 12.7. The van der Waals surface area contributed by atoms with E-state index < -0.39 is 0 Å². The highest BCUT2D eigenvalue weighted by Crippen LogP contribution is 2.29. The molecular formula is C16H22N2. The Kier molecular flexibility index (Phi) is 3.20. The molecule has 0 atom stereocenters. The number of allylic oxidation sites excluding steroid dienone is 2. The second-order valence-corrected chi connectivity index (χ2v) is 5.43. The summed E-state index contributed by atoms with van der Waals surface area (Å²) < 4.78 is 0. The van der Waals surface area contributed by atoms with Crippen molar-refractivity contribution in [3.05, 3.63) is 53.4 Å². The number of hydrogen-bond acceptors (Lipinski definition) is 2. The van der Waals surface area contributed by atoms with Crippen molar-refractivity contribution in [2.75, 3.05) is 0 Å². The van der Waals surface area contributed by atoms with E-state index >= 15 is 0 Å². The fraction of sp³-hybridized carbons (Fsp3) is 0.375. The average molecular weight is 242 g/mol. The number of rotatable bonds is 3. The van der Waals surface area contributed by atoms with Gasteiger partial charge in [0, 0.05) is 17.9 Å². The molecule has 96 valence electrons. The van der Waals surface area contributed by atoms with Gasteiger partial charge in [-0.05, 0) is 38.8 Å². The van der Waals surface area contributed by atoms with Gasteiger partial charge in [0.1, 0.15) is 5.66 Å². The fourth-order valence-corrected chi connectivity index (χ4v) is 2.50. The number of benzene rings is 1. The van der Waals surface area contributed by atoms with Crippen LogP contribution in [-0.2, 0) is 6.54 Å². The highest BCUT2D eigenvalue weighted by molar-refractivity contribution is 5.47. The topological polar surface area (TPSA) is 15.3 Å². The van der Waals surface area contributed by atoms with Crippen LogP contribution in [0.1, 0.15) is 38.8 Å². The van der Waals surface area contributed by atoms with E-state index in [1.807, 2.05) is 6.08 Å². The number of nitrogens with one attached hydrogen (secondary N) is 1. The molecule has 0 spiro atoms. The molecule has 0 saturated heterocycles. The summed E-state index contributed by atoms with van der Waals surface area (Å²) in [4.78, 5) is 2.41. The smallest absolute Gasteiger partial charge is 0.104 e. The van der Waals surface area contributed by atoms with Crippen LogP contribution in [0.25, 0.3) is 6.08 Å². The van der Waals surface area contributed by atoms with Crippen LogP contribution in [0.2, 0.25) is 0 Å². The van der Waals surface area contributed by atoms with E-state index in [9.17, 15) is 0 Å². The van der Waals surface area contributed by atoms with Crippen molar-refractivity contribution in [3.8, 4) is 0 Å². The highest BCUT2D eigenvalue weighted by Gasteiger charge is 2.33. The second-order valence-electron chi connectivity index (χ2n) is 5.43. The van der Waals surface area contributed by atoms with Crippen molar-refractivity contribution in [2.24, 2.45) is 0 Å². The molecule has 2 nitrogen and oxygen atoms in total. The maximum Gasteiger partial charge on any atom is 0.104 e. The van der Waals surface area contributed by atoms with Crippen molar-refractivity contribution in [2.45, 2.75) is 39.9 Å². The third-order valence-corrected chi connectivity index (χ3v) is 3.67. The molecule has 0 saturated carbocycles. The van der Waals surface area contributed by atoms with Crippen molar-refractivity contribution < 1.29 is 0 Å². The molecule has 0 aliphatic carbocycles. The number of hydrogen-bond donors (Lipinski definition) is 1. The van der Waals surface area contributed by atoms with Crippen LogP contribution in [0.4, 0.5) is 0 Å². The minimum atomic E-state index is -0.00866. The lowest BCUT2D eigenvalue weighted by atomic mass is 10.1. The summed E-state index contributed by atoms with van der Waals surface area (Å²) in [6.07, 6.45) is 1.88. The lowest BCUT2D eigenvalue weighted by Crippen LogP contribution is -2.46. The molecule has 1 aliphatic rings. The second kappa shape index (κ2) is 4.52. The molecule has 0 unspecified atom stereocenters. The molecule has 2 heteroatoms. The summed E-state index contributed by atoms with van der Waals surface area (Å²) in [5.74, 6) is 0. The van der Waals surface area contributed by atoms with E-state index in [4.69, 9.17) is 0 Å². The predicted octanol–water partition coefficient (Wildman–Crippen LogP) is 3.72. The minimum absolute atomic E-state index is 0.00866. The van der Waals surface area contributed by atoms with Crippen LogP contribution >= 0.6 is 0 Å². The van der Waals surface area contributed by atoms with E-state index in [0.29, 0.717) is 0 Å². The Bertz CT molecular complexity index is 480. The van der Waals surface area contributed by atoms with Crippen LogP contribution in [-0.4, -0.2) is 10.6 Å². The number of nitrogens with zero attached hydrogens (tertiary/aromatic N) is 1. The van der Waals surface area contributed by atoms with Gasteiger partial charge in [-0.1, -0.05) is 36.9 Å². The van der Waals surface area contributed by atoms with E-state index in [2.05, 4.69) is 68.8 Å². The van der Waals surface area contributed by atoms with Crippen molar-refractivity contribution in [1.82, 2.24) is 10.2 Å². The maximum absolute atomic E-state index is 3.78. The monoisotopic (exact) mass is 242 g/mol. The average Bonchev–Trinajstić information content (AvgIpc) is 2.52. The lowest BCUT2D eigenvalue weighted by Gasteiger charge is -2.35. The molecule has 2 rings (SSSR count). The summed E-state index contributed by atoms with van der Waals surface area (Å²) in [5, 5.41) is 3.53. The predicted molar refractivity (Wildman–Crippen MR) is 77.7 cm³/mol. The highest BCUT2D eigenvalue weighted by atomic mass is 15.4. The van der Waals surface area contributed by atoms with Crippen LogP contribution in [0.5, 0.6) is 0 Å². The summed E-state index contributed by atoms with van der Waals surface area (Å²) >= 11 is 0. The van der Waals surface area contributed by atoms with Gasteiger partial charge in [0.25, 0.3) is 0 Å². The Balaban J connectivity index is 2.19. The zero-order valence-corrected chi connectivity index (χ0v) is 11.7. The Hall–Kier alpha value is -1.70. The normalized spacial score (nSPS) is 17.9. The maximum atomic E-state index is 3.78. The molecule has 0 bridgehead atoms. The molecule has 18 heavy (non-hydrogen) atoms. The molecule has 1 N–H and O–H groups in total. The molecule has 1 aromatic rings. The van der Waals surface area contributed by atoms with E-state index in [1.165, 1.54) is 22.5 Å². The Labute approximate surface area is 110 Å². The Morgan fingerprint density at radius 2 is 1.83 bits per heavy atom. The zero-order chi connectivity index (χ0) is 13.3. The molecule has 1 aliphatic heterocycles. The fourth-order valence-electron chi connectivity index (χ4n) is 2.50. The Morgan fingerprint density at radius 3 is 2.28 bits per heavy atom. The SMILES string of the molecule is C=Cc1ccc(CN2C(C)=C(C)NC2(C)C)cc1. The first-order valence-corrected chi connectivity index (χ1v) is 6.39.